The van der Waals surface area contributed by atoms with Crippen LogP contribution in [-0.4, -0.2) is 33.4 Å². The lowest BCUT2D eigenvalue weighted by atomic mass is 10.2. The second-order valence-corrected chi connectivity index (χ2v) is 3.66. The van der Waals surface area contributed by atoms with Crippen molar-refractivity contribution in [2.45, 2.75) is 13.0 Å². The molecule has 1 aromatic rings. The summed E-state index contributed by atoms with van der Waals surface area (Å²) in [6.07, 6.45) is -0.115. The number of nitrogens with one attached hydrogen (secondary N) is 1. The summed E-state index contributed by atoms with van der Waals surface area (Å²) >= 11 is 0. The van der Waals surface area contributed by atoms with E-state index in [0.29, 0.717) is 18.9 Å². The van der Waals surface area contributed by atoms with E-state index in [0.717, 1.165) is 5.56 Å². The standard InChI is InChI=1S/C12H18FNO2/c1-9-4-5-10(13)6-12(9)16-11(7-14-2)8-15-3/h4-6,11,14H,7-8H2,1-3H3. The van der Waals surface area contributed by atoms with Crippen LogP contribution in [0.5, 0.6) is 5.75 Å². The van der Waals surface area contributed by atoms with Gasteiger partial charge in [0.25, 0.3) is 0 Å². The normalized spacial score (nSPS) is 12.5. The molecule has 0 aliphatic rings. The SMILES string of the molecule is CNCC(COC)Oc1cc(F)ccc1C. The second kappa shape index (κ2) is 6.45. The fourth-order valence-electron chi connectivity index (χ4n) is 1.43. The zero-order valence-corrected chi connectivity index (χ0v) is 9.92. The number of aryl methyl sites for hydroxylation is 1. The molecular weight excluding hydrogens is 209 g/mol. The highest BCUT2D eigenvalue weighted by Gasteiger charge is 2.11. The van der Waals surface area contributed by atoms with Crippen LogP contribution in [0.4, 0.5) is 4.39 Å². The molecule has 1 unspecified atom stereocenters. The summed E-state index contributed by atoms with van der Waals surface area (Å²) in [5.41, 5.74) is 0.915. The molecule has 4 heteroatoms. The quantitative estimate of drug-likeness (QED) is 0.803. The predicted octanol–water partition coefficient (Wildman–Crippen LogP) is 1.75. The summed E-state index contributed by atoms with van der Waals surface area (Å²) < 4.78 is 23.8. The van der Waals surface area contributed by atoms with Gasteiger partial charge in [0.1, 0.15) is 17.7 Å². The van der Waals surface area contributed by atoms with Crippen LogP contribution < -0.4 is 10.1 Å². The molecule has 0 saturated heterocycles. The predicted molar refractivity (Wildman–Crippen MR) is 61.4 cm³/mol. The van der Waals surface area contributed by atoms with Crippen LogP contribution in [0.25, 0.3) is 0 Å². The molecule has 0 fully saturated rings. The van der Waals surface area contributed by atoms with Crippen molar-refractivity contribution in [1.29, 1.82) is 0 Å². The third-order valence-corrected chi connectivity index (χ3v) is 2.23. The maximum Gasteiger partial charge on any atom is 0.134 e. The van der Waals surface area contributed by atoms with Crippen LogP contribution >= 0.6 is 0 Å². The number of hydrogen-bond donors (Lipinski definition) is 1. The van der Waals surface area contributed by atoms with Crippen molar-refractivity contribution in [2.24, 2.45) is 0 Å². The van der Waals surface area contributed by atoms with Crippen molar-refractivity contribution in [1.82, 2.24) is 5.32 Å². The van der Waals surface area contributed by atoms with Gasteiger partial charge >= 0.3 is 0 Å². The molecule has 1 rings (SSSR count). The van der Waals surface area contributed by atoms with Crippen molar-refractivity contribution in [3.05, 3.63) is 29.6 Å². The monoisotopic (exact) mass is 227 g/mol. The van der Waals surface area contributed by atoms with E-state index in [2.05, 4.69) is 5.32 Å². The number of hydrogen-bond acceptors (Lipinski definition) is 3. The topological polar surface area (TPSA) is 30.5 Å². The van der Waals surface area contributed by atoms with Gasteiger partial charge < -0.3 is 14.8 Å². The van der Waals surface area contributed by atoms with E-state index in [-0.39, 0.29) is 11.9 Å². The summed E-state index contributed by atoms with van der Waals surface area (Å²) in [5, 5.41) is 3.01. The first-order chi connectivity index (χ1) is 7.67. The van der Waals surface area contributed by atoms with Gasteiger partial charge in [0.05, 0.1) is 6.61 Å². The average molecular weight is 227 g/mol. The van der Waals surface area contributed by atoms with Gasteiger partial charge in [-0.05, 0) is 25.6 Å². The number of benzene rings is 1. The van der Waals surface area contributed by atoms with Crippen molar-refractivity contribution >= 4 is 0 Å². The van der Waals surface area contributed by atoms with Crippen LogP contribution in [0.1, 0.15) is 5.56 Å². The van der Waals surface area contributed by atoms with E-state index >= 15 is 0 Å². The smallest absolute Gasteiger partial charge is 0.134 e. The lowest BCUT2D eigenvalue weighted by molar-refractivity contribution is 0.0812. The largest absolute Gasteiger partial charge is 0.486 e. The van der Waals surface area contributed by atoms with E-state index in [1.54, 1.807) is 13.2 Å². The Labute approximate surface area is 95.6 Å². The van der Waals surface area contributed by atoms with Gasteiger partial charge in [-0.2, -0.15) is 0 Å². The van der Waals surface area contributed by atoms with Gasteiger partial charge in [-0.25, -0.2) is 4.39 Å². The highest BCUT2D eigenvalue weighted by atomic mass is 19.1. The molecule has 0 aliphatic carbocycles. The van der Waals surface area contributed by atoms with E-state index in [4.69, 9.17) is 9.47 Å². The Morgan fingerprint density at radius 1 is 1.44 bits per heavy atom. The van der Waals surface area contributed by atoms with Crippen LogP contribution in [0.15, 0.2) is 18.2 Å². The first kappa shape index (κ1) is 12.9. The minimum absolute atomic E-state index is 0.115. The maximum absolute atomic E-state index is 13.0. The van der Waals surface area contributed by atoms with Crippen molar-refractivity contribution in [2.75, 3.05) is 27.3 Å². The van der Waals surface area contributed by atoms with Gasteiger partial charge in [-0.15, -0.1) is 0 Å². The molecule has 16 heavy (non-hydrogen) atoms. The average Bonchev–Trinajstić information content (AvgIpc) is 2.24. The molecule has 0 spiro atoms. The molecule has 0 aliphatic heterocycles. The Morgan fingerprint density at radius 3 is 2.81 bits per heavy atom. The van der Waals surface area contributed by atoms with Crippen LogP contribution in [-0.2, 0) is 4.74 Å². The Hall–Kier alpha value is -1.13. The first-order valence-corrected chi connectivity index (χ1v) is 5.23. The lowest BCUT2D eigenvalue weighted by Crippen LogP contribution is -2.33. The van der Waals surface area contributed by atoms with E-state index in [1.807, 2.05) is 14.0 Å². The van der Waals surface area contributed by atoms with E-state index in [1.165, 1.54) is 12.1 Å². The maximum atomic E-state index is 13.0. The first-order valence-electron chi connectivity index (χ1n) is 5.23. The molecule has 1 N–H and O–H groups in total. The third-order valence-electron chi connectivity index (χ3n) is 2.23. The zero-order chi connectivity index (χ0) is 12.0. The fraction of sp³-hybridized carbons (Fsp3) is 0.500. The highest BCUT2D eigenvalue weighted by molar-refractivity contribution is 5.32. The number of halogens is 1. The van der Waals surface area contributed by atoms with Crippen molar-refractivity contribution in [3.8, 4) is 5.75 Å². The second-order valence-electron chi connectivity index (χ2n) is 3.66. The minimum Gasteiger partial charge on any atom is -0.486 e. The summed E-state index contributed by atoms with van der Waals surface area (Å²) in [7, 11) is 3.45. The highest BCUT2D eigenvalue weighted by Crippen LogP contribution is 2.20. The van der Waals surface area contributed by atoms with E-state index in [9.17, 15) is 4.39 Å². The van der Waals surface area contributed by atoms with Gasteiger partial charge in [-0.1, -0.05) is 6.07 Å². The summed E-state index contributed by atoms with van der Waals surface area (Å²) in [6, 6.07) is 4.52. The van der Waals surface area contributed by atoms with Gasteiger partial charge in [0.15, 0.2) is 0 Å². The van der Waals surface area contributed by atoms with Crippen molar-refractivity contribution < 1.29 is 13.9 Å². The fourth-order valence-corrected chi connectivity index (χ4v) is 1.43. The molecule has 1 aromatic carbocycles. The molecule has 0 saturated carbocycles. The molecule has 0 heterocycles. The van der Waals surface area contributed by atoms with Gasteiger partial charge in [-0.3, -0.25) is 0 Å². The summed E-state index contributed by atoms with van der Waals surface area (Å²) in [6.45, 7) is 3.01. The zero-order valence-electron chi connectivity index (χ0n) is 9.92. The van der Waals surface area contributed by atoms with E-state index < -0.39 is 0 Å². The molecule has 0 amide bonds. The number of ether oxygens (including phenoxy) is 2. The van der Waals surface area contributed by atoms with Crippen LogP contribution in [0, 0.1) is 12.7 Å². The van der Waals surface area contributed by atoms with Gasteiger partial charge in [0, 0.05) is 19.7 Å². The van der Waals surface area contributed by atoms with Crippen molar-refractivity contribution in [3.63, 3.8) is 0 Å². The van der Waals surface area contributed by atoms with Crippen LogP contribution in [0.2, 0.25) is 0 Å². The number of methoxy groups -OCH3 is 1. The molecule has 3 nitrogen and oxygen atoms in total. The molecule has 0 bridgehead atoms. The molecule has 0 radical (unpaired) electrons. The molecule has 0 aromatic heterocycles. The number of rotatable bonds is 6. The minimum atomic E-state index is -0.291. The van der Waals surface area contributed by atoms with Gasteiger partial charge in [0.2, 0.25) is 0 Å². The summed E-state index contributed by atoms with van der Waals surface area (Å²) in [4.78, 5) is 0. The molecular formula is C12H18FNO2. The Morgan fingerprint density at radius 2 is 2.19 bits per heavy atom. The number of likely N-dealkylation sites (N-methyl/N-ethyl adjacent to an activating group) is 1. The van der Waals surface area contributed by atoms with Crippen LogP contribution in [0.3, 0.4) is 0 Å². The summed E-state index contributed by atoms with van der Waals surface area (Å²) in [5.74, 6) is 0.276. The lowest BCUT2D eigenvalue weighted by Gasteiger charge is -2.19. The third kappa shape index (κ3) is 3.79. The molecule has 1 atom stereocenters. The Balaban J connectivity index is 2.71. The molecule has 90 valence electrons. The Bertz CT molecular complexity index is 325. The Kier molecular flexibility index (Phi) is 5.22.